The van der Waals surface area contributed by atoms with Gasteiger partial charge < -0.3 is 9.32 Å². The van der Waals surface area contributed by atoms with Crippen LogP contribution in [0.2, 0.25) is 5.02 Å². The van der Waals surface area contributed by atoms with E-state index < -0.39 is 0 Å². The number of nitrogens with zero attached hydrogens (tertiary/aromatic N) is 3. The summed E-state index contributed by atoms with van der Waals surface area (Å²) in [6.07, 6.45) is 0. The number of benzene rings is 2. The number of oxazole rings is 1. The minimum absolute atomic E-state index is 0.149. The number of rotatable bonds is 5. The second-order valence-electron chi connectivity index (χ2n) is 7.54. The highest BCUT2D eigenvalue weighted by Gasteiger charge is 2.25. The maximum absolute atomic E-state index is 12.6. The fraction of sp³-hybridized carbons (Fsp3) is 0.304. The SMILES string of the molecule is Cc1ccc(CN2CCN(Cc3nc(-c4ccc(Cl)cc4)oc3C)CC2=O)cc1. The molecule has 29 heavy (non-hydrogen) atoms. The number of amides is 1. The van der Waals surface area contributed by atoms with Gasteiger partial charge in [0, 0.05) is 36.8 Å². The third-order valence-corrected chi connectivity index (χ3v) is 5.50. The molecular weight excluding hydrogens is 386 g/mol. The normalized spacial score (nSPS) is 15.1. The van der Waals surface area contributed by atoms with Crippen molar-refractivity contribution in [2.45, 2.75) is 26.9 Å². The molecule has 0 atom stereocenters. The highest BCUT2D eigenvalue weighted by Crippen LogP contribution is 2.24. The molecule has 2 aromatic carbocycles. The summed E-state index contributed by atoms with van der Waals surface area (Å²) in [4.78, 5) is 21.3. The molecule has 6 heteroatoms. The summed E-state index contributed by atoms with van der Waals surface area (Å²) in [5, 5.41) is 0.680. The molecule has 0 unspecified atom stereocenters. The molecule has 4 rings (SSSR count). The van der Waals surface area contributed by atoms with Crippen molar-refractivity contribution in [1.82, 2.24) is 14.8 Å². The van der Waals surface area contributed by atoms with E-state index in [0.29, 0.717) is 37.1 Å². The lowest BCUT2D eigenvalue weighted by molar-refractivity contribution is -0.136. The summed E-state index contributed by atoms with van der Waals surface area (Å²) in [6.45, 7) is 7.18. The molecule has 1 saturated heterocycles. The van der Waals surface area contributed by atoms with Gasteiger partial charge in [-0.1, -0.05) is 41.4 Å². The third-order valence-electron chi connectivity index (χ3n) is 5.25. The Kier molecular flexibility index (Phi) is 5.69. The summed E-state index contributed by atoms with van der Waals surface area (Å²) in [7, 11) is 0. The van der Waals surface area contributed by atoms with E-state index in [1.54, 1.807) is 0 Å². The average molecular weight is 410 g/mol. The van der Waals surface area contributed by atoms with Crippen LogP contribution in [0.3, 0.4) is 0 Å². The maximum Gasteiger partial charge on any atom is 0.237 e. The first-order valence-electron chi connectivity index (χ1n) is 9.76. The van der Waals surface area contributed by atoms with Crippen LogP contribution in [0, 0.1) is 13.8 Å². The van der Waals surface area contributed by atoms with Crippen molar-refractivity contribution >= 4 is 17.5 Å². The van der Waals surface area contributed by atoms with Crippen molar-refractivity contribution < 1.29 is 9.21 Å². The van der Waals surface area contributed by atoms with Gasteiger partial charge in [0.1, 0.15) is 5.76 Å². The lowest BCUT2D eigenvalue weighted by Crippen LogP contribution is -2.49. The zero-order chi connectivity index (χ0) is 20.4. The second-order valence-corrected chi connectivity index (χ2v) is 7.98. The van der Waals surface area contributed by atoms with Crippen LogP contribution in [0.5, 0.6) is 0 Å². The van der Waals surface area contributed by atoms with Crippen molar-refractivity contribution in [3.05, 3.63) is 76.1 Å². The topological polar surface area (TPSA) is 49.6 Å². The van der Waals surface area contributed by atoms with E-state index in [4.69, 9.17) is 16.0 Å². The standard InChI is InChI=1S/C23H24ClN3O2/c1-16-3-5-18(6-4-16)13-27-12-11-26(15-22(27)28)14-21-17(2)29-23(25-21)19-7-9-20(24)10-8-19/h3-10H,11-15H2,1-2H3. The Morgan fingerprint density at radius 1 is 1.00 bits per heavy atom. The van der Waals surface area contributed by atoms with Gasteiger partial charge in [0.15, 0.2) is 0 Å². The molecule has 3 aromatic rings. The summed E-state index contributed by atoms with van der Waals surface area (Å²) in [5.74, 6) is 1.51. The molecule has 1 aliphatic heterocycles. The molecule has 0 radical (unpaired) electrons. The van der Waals surface area contributed by atoms with E-state index in [9.17, 15) is 4.79 Å². The van der Waals surface area contributed by atoms with Crippen LogP contribution in [0.25, 0.3) is 11.5 Å². The molecule has 0 spiro atoms. The highest BCUT2D eigenvalue weighted by molar-refractivity contribution is 6.30. The monoisotopic (exact) mass is 409 g/mol. The van der Waals surface area contributed by atoms with Gasteiger partial charge in [-0.2, -0.15) is 0 Å². The largest absolute Gasteiger partial charge is 0.441 e. The van der Waals surface area contributed by atoms with Crippen molar-refractivity contribution in [3.8, 4) is 11.5 Å². The molecule has 1 aliphatic rings. The molecule has 0 bridgehead atoms. The van der Waals surface area contributed by atoms with E-state index in [-0.39, 0.29) is 5.91 Å². The Morgan fingerprint density at radius 3 is 2.41 bits per heavy atom. The minimum Gasteiger partial charge on any atom is -0.441 e. The van der Waals surface area contributed by atoms with Crippen LogP contribution in [-0.2, 0) is 17.9 Å². The number of aromatic nitrogens is 1. The van der Waals surface area contributed by atoms with Crippen molar-refractivity contribution in [2.24, 2.45) is 0 Å². The van der Waals surface area contributed by atoms with Gasteiger partial charge in [-0.25, -0.2) is 4.98 Å². The first kappa shape index (κ1) is 19.7. The van der Waals surface area contributed by atoms with Gasteiger partial charge in [-0.05, 0) is 43.7 Å². The van der Waals surface area contributed by atoms with Gasteiger partial charge in [-0.15, -0.1) is 0 Å². The van der Waals surface area contributed by atoms with Gasteiger partial charge >= 0.3 is 0 Å². The zero-order valence-electron chi connectivity index (χ0n) is 16.7. The van der Waals surface area contributed by atoms with Gasteiger partial charge in [0.25, 0.3) is 0 Å². The van der Waals surface area contributed by atoms with Crippen LogP contribution in [0.15, 0.2) is 52.9 Å². The minimum atomic E-state index is 0.149. The lowest BCUT2D eigenvalue weighted by atomic mass is 10.1. The Bertz CT molecular complexity index is 996. The molecule has 1 amide bonds. The molecule has 0 saturated carbocycles. The van der Waals surface area contributed by atoms with E-state index in [0.717, 1.165) is 29.1 Å². The number of carbonyl (C=O) groups excluding carboxylic acids is 1. The fourth-order valence-electron chi connectivity index (χ4n) is 3.48. The molecule has 150 valence electrons. The van der Waals surface area contributed by atoms with E-state index in [1.165, 1.54) is 5.56 Å². The van der Waals surface area contributed by atoms with Crippen LogP contribution >= 0.6 is 11.6 Å². The number of hydrogen-bond donors (Lipinski definition) is 0. The van der Waals surface area contributed by atoms with Crippen molar-refractivity contribution in [2.75, 3.05) is 19.6 Å². The summed E-state index contributed by atoms with van der Waals surface area (Å²) < 4.78 is 5.84. The van der Waals surface area contributed by atoms with Crippen LogP contribution in [0.4, 0.5) is 0 Å². The Hall–Kier alpha value is -2.63. The van der Waals surface area contributed by atoms with Crippen molar-refractivity contribution in [1.29, 1.82) is 0 Å². The smallest absolute Gasteiger partial charge is 0.237 e. The van der Waals surface area contributed by atoms with Gasteiger partial charge in [-0.3, -0.25) is 9.69 Å². The van der Waals surface area contributed by atoms with Gasteiger partial charge in [0.05, 0.1) is 12.2 Å². The molecular formula is C23H24ClN3O2. The second kappa shape index (κ2) is 8.39. The lowest BCUT2D eigenvalue weighted by Gasteiger charge is -2.34. The first-order valence-corrected chi connectivity index (χ1v) is 10.1. The number of aryl methyl sites for hydroxylation is 2. The quantitative estimate of drug-likeness (QED) is 0.624. The molecule has 5 nitrogen and oxygen atoms in total. The molecule has 0 N–H and O–H groups in total. The number of hydrogen-bond acceptors (Lipinski definition) is 4. The van der Waals surface area contributed by atoms with Crippen LogP contribution < -0.4 is 0 Å². The van der Waals surface area contributed by atoms with Crippen LogP contribution in [0.1, 0.15) is 22.6 Å². The number of piperazine rings is 1. The first-order chi connectivity index (χ1) is 14.0. The summed E-state index contributed by atoms with van der Waals surface area (Å²) >= 11 is 5.95. The van der Waals surface area contributed by atoms with E-state index in [1.807, 2.05) is 36.1 Å². The highest BCUT2D eigenvalue weighted by atomic mass is 35.5. The van der Waals surface area contributed by atoms with Gasteiger partial charge in [0.2, 0.25) is 11.8 Å². The Morgan fingerprint density at radius 2 is 1.72 bits per heavy atom. The zero-order valence-corrected chi connectivity index (χ0v) is 17.4. The van der Waals surface area contributed by atoms with Crippen LogP contribution in [-0.4, -0.2) is 40.3 Å². The fourth-order valence-corrected chi connectivity index (χ4v) is 3.60. The number of halogens is 1. The van der Waals surface area contributed by atoms with Crippen molar-refractivity contribution in [3.63, 3.8) is 0 Å². The molecule has 1 fully saturated rings. The summed E-state index contributed by atoms with van der Waals surface area (Å²) in [5.41, 5.74) is 4.15. The Labute approximate surface area is 175 Å². The maximum atomic E-state index is 12.6. The van der Waals surface area contributed by atoms with E-state index >= 15 is 0 Å². The van der Waals surface area contributed by atoms with E-state index in [2.05, 4.69) is 41.1 Å². The molecule has 0 aliphatic carbocycles. The third kappa shape index (κ3) is 4.69. The molecule has 2 heterocycles. The predicted octanol–water partition coefficient (Wildman–Crippen LogP) is 4.46. The molecule has 1 aromatic heterocycles. The predicted molar refractivity (Wildman–Crippen MR) is 114 cm³/mol. The average Bonchev–Trinajstić information content (AvgIpc) is 3.06. The number of carbonyl (C=O) groups is 1. The summed E-state index contributed by atoms with van der Waals surface area (Å²) in [6, 6.07) is 15.8. The Balaban J connectivity index is 1.38.